The minimum Gasteiger partial charge on any atom is -0.493 e. The second-order valence-electron chi connectivity index (χ2n) is 6.08. The lowest BCUT2D eigenvalue weighted by Gasteiger charge is -2.15. The average Bonchev–Trinajstić information content (AvgIpc) is 3.13. The van der Waals surface area contributed by atoms with Crippen molar-refractivity contribution < 1.29 is 27.8 Å². The number of anilines is 1. The number of nitrogens with zero attached hydrogens (tertiary/aromatic N) is 1. The molecular weight excluding hydrogens is 434 g/mol. The van der Waals surface area contributed by atoms with E-state index in [0.717, 1.165) is 16.5 Å². The Kier molecular flexibility index (Phi) is 7.33. The number of benzene rings is 2. The molecule has 10 heteroatoms. The Labute approximate surface area is 180 Å². The van der Waals surface area contributed by atoms with Gasteiger partial charge < -0.3 is 19.5 Å². The number of amides is 1. The van der Waals surface area contributed by atoms with E-state index in [9.17, 15) is 13.6 Å². The maximum absolute atomic E-state index is 12.6. The molecule has 0 saturated heterocycles. The summed E-state index contributed by atoms with van der Waals surface area (Å²) in [6.07, 6.45) is -2.31. The van der Waals surface area contributed by atoms with Crippen LogP contribution in [0.15, 0.2) is 34.7 Å². The van der Waals surface area contributed by atoms with Crippen LogP contribution in [0.4, 0.5) is 14.5 Å². The Hall–Kier alpha value is -2.59. The highest BCUT2D eigenvalue weighted by atomic mass is 32.2. The molecule has 1 heterocycles. The zero-order valence-corrected chi connectivity index (χ0v) is 18.2. The zero-order chi connectivity index (χ0) is 21.7. The Balaban J connectivity index is 1.74. The molecule has 0 bridgehead atoms. The predicted octanol–water partition coefficient (Wildman–Crippen LogP) is 4.86. The Morgan fingerprint density at radius 1 is 1.13 bits per heavy atom. The van der Waals surface area contributed by atoms with Crippen LogP contribution in [0, 0.1) is 0 Å². The number of fused-ring (bicyclic) bond motifs is 1. The minimum atomic E-state index is -2.38. The topological polar surface area (TPSA) is 69.7 Å². The van der Waals surface area contributed by atoms with E-state index in [0.29, 0.717) is 38.4 Å². The summed E-state index contributed by atoms with van der Waals surface area (Å²) in [6, 6.07) is 8.73. The number of hydrogen-bond donors (Lipinski definition) is 1. The van der Waals surface area contributed by atoms with Crippen LogP contribution in [0.5, 0.6) is 17.2 Å². The lowest BCUT2D eigenvalue weighted by Crippen LogP contribution is -2.15. The van der Waals surface area contributed by atoms with Crippen LogP contribution in [-0.2, 0) is 11.2 Å². The molecular formula is C20H20F2N2O4S2. The van der Waals surface area contributed by atoms with Crippen molar-refractivity contribution in [3.8, 4) is 17.2 Å². The summed E-state index contributed by atoms with van der Waals surface area (Å²) in [5, 5.41) is 2.84. The van der Waals surface area contributed by atoms with Crippen molar-refractivity contribution in [1.29, 1.82) is 0 Å². The number of methoxy groups -OCH3 is 3. The van der Waals surface area contributed by atoms with Crippen molar-refractivity contribution in [1.82, 2.24) is 4.98 Å². The summed E-state index contributed by atoms with van der Waals surface area (Å²) in [4.78, 5) is 16.9. The lowest BCUT2D eigenvalue weighted by molar-refractivity contribution is -0.115. The Morgan fingerprint density at radius 2 is 1.90 bits per heavy atom. The first-order chi connectivity index (χ1) is 14.4. The molecule has 0 fully saturated rings. The molecule has 3 rings (SSSR count). The summed E-state index contributed by atoms with van der Waals surface area (Å²) in [7, 11) is 4.53. The van der Waals surface area contributed by atoms with Gasteiger partial charge in [-0.2, -0.15) is 0 Å². The third-order valence-electron chi connectivity index (χ3n) is 4.12. The maximum atomic E-state index is 12.6. The van der Waals surface area contributed by atoms with Gasteiger partial charge in [-0.25, -0.2) is 13.8 Å². The summed E-state index contributed by atoms with van der Waals surface area (Å²) in [5.41, 5.74) is 1.95. The van der Waals surface area contributed by atoms with Gasteiger partial charge in [-0.3, -0.25) is 4.79 Å². The van der Waals surface area contributed by atoms with Crippen LogP contribution in [-0.4, -0.2) is 44.4 Å². The van der Waals surface area contributed by atoms with Gasteiger partial charge in [0, 0.05) is 11.3 Å². The normalized spacial score (nSPS) is 11.0. The van der Waals surface area contributed by atoms with E-state index < -0.39 is 6.43 Å². The molecule has 30 heavy (non-hydrogen) atoms. The number of carbonyl (C=O) groups excluding carboxylic acids is 1. The summed E-state index contributed by atoms with van der Waals surface area (Å²) in [6.45, 7) is 0. The van der Waals surface area contributed by atoms with Crippen molar-refractivity contribution >= 4 is 44.9 Å². The van der Waals surface area contributed by atoms with E-state index in [-0.39, 0.29) is 18.1 Å². The quantitative estimate of drug-likeness (QED) is 0.466. The molecule has 6 nitrogen and oxygen atoms in total. The minimum absolute atomic E-state index is 0.0692. The number of alkyl halides is 2. The van der Waals surface area contributed by atoms with E-state index in [4.69, 9.17) is 14.2 Å². The fraction of sp³-hybridized carbons (Fsp3) is 0.300. The lowest BCUT2D eigenvalue weighted by atomic mass is 10.1. The molecule has 0 aliphatic carbocycles. The highest BCUT2D eigenvalue weighted by Crippen LogP contribution is 2.40. The Bertz CT molecular complexity index is 1040. The van der Waals surface area contributed by atoms with Crippen molar-refractivity contribution in [2.24, 2.45) is 0 Å². The van der Waals surface area contributed by atoms with E-state index in [1.165, 1.54) is 32.7 Å². The van der Waals surface area contributed by atoms with Gasteiger partial charge in [-0.15, -0.1) is 11.3 Å². The molecule has 0 radical (unpaired) electrons. The molecule has 0 aliphatic rings. The van der Waals surface area contributed by atoms with Crippen LogP contribution in [0.3, 0.4) is 0 Å². The maximum Gasteiger partial charge on any atom is 0.248 e. The average molecular weight is 455 g/mol. The van der Waals surface area contributed by atoms with Gasteiger partial charge in [0.2, 0.25) is 18.1 Å². The van der Waals surface area contributed by atoms with Crippen molar-refractivity contribution in [2.75, 3.05) is 32.4 Å². The molecule has 0 aliphatic heterocycles. The number of halogens is 2. The van der Waals surface area contributed by atoms with Gasteiger partial charge in [0.05, 0.1) is 43.7 Å². The van der Waals surface area contributed by atoms with Gasteiger partial charge in [0.1, 0.15) is 0 Å². The van der Waals surface area contributed by atoms with Crippen LogP contribution < -0.4 is 19.5 Å². The number of aromatic nitrogens is 1. The smallest absolute Gasteiger partial charge is 0.248 e. The van der Waals surface area contributed by atoms with Gasteiger partial charge in [0.25, 0.3) is 0 Å². The van der Waals surface area contributed by atoms with E-state index in [2.05, 4.69) is 10.3 Å². The van der Waals surface area contributed by atoms with Crippen LogP contribution in [0.25, 0.3) is 10.2 Å². The summed E-state index contributed by atoms with van der Waals surface area (Å²) >= 11 is 2.34. The molecule has 1 N–H and O–H groups in total. The molecule has 160 valence electrons. The van der Waals surface area contributed by atoms with Crippen LogP contribution >= 0.6 is 23.1 Å². The van der Waals surface area contributed by atoms with Gasteiger partial charge in [0.15, 0.2) is 15.8 Å². The first-order valence-electron chi connectivity index (χ1n) is 8.84. The summed E-state index contributed by atoms with van der Waals surface area (Å²) < 4.78 is 42.2. The first-order valence-corrected chi connectivity index (χ1v) is 10.6. The third kappa shape index (κ3) is 5.11. The molecule has 0 unspecified atom stereocenters. The summed E-state index contributed by atoms with van der Waals surface area (Å²) in [5.74, 6) is 0.832. The second kappa shape index (κ2) is 9.94. The molecule has 3 aromatic rings. The SMILES string of the molecule is COc1ccc(CC(=O)Nc2ccc3nc(SCC(F)F)sc3c2)c(OC)c1OC. The Morgan fingerprint density at radius 3 is 2.57 bits per heavy atom. The molecule has 0 spiro atoms. The number of ether oxygens (including phenoxy) is 3. The number of hydrogen-bond acceptors (Lipinski definition) is 7. The fourth-order valence-electron chi connectivity index (χ4n) is 2.86. The van der Waals surface area contributed by atoms with Crippen LogP contribution in [0.1, 0.15) is 5.56 Å². The van der Waals surface area contributed by atoms with E-state index in [1.807, 2.05) is 0 Å². The standard InChI is InChI=1S/C20H20F2N2O4S2/c1-26-14-7-4-11(18(27-2)19(14)28-3)8-17(25)23-12-5-6-13-15(9-12)30-20(24-13)29-10-16(21)22/h4-7,9,16H,8,10H2,1-3H3,(H,23,25). The van der Waals surface area contributed by atoms with E-state index in [1.54, 1.807) is 30.3 Å². The van der Waals surface area contributed by atoms with Gasteiger partial charge in [-0.05, 0) is 24.3 Å². The number of nitrogens with one attached hydrogen (secondary N) is 1. The highest BCUT2D eigenvalue weighted by molar-refractivity contribution is 8.01. The largest absolute Gasteiger partial charge is 0.493 e. The number of rotatable bonds is 9. The zero-order valence-electron chi connectivity index (χ0n) is 16.5. The van der Waals surface area contributed by atoms with Gasteiger partial charge >= 0.3 is 0 Å². The second-order valence-corrected chi connectivity index (χ2v) is 8.38. The fourth-order valence-corrected chi connectivity index (χ4v) is 4.73. The molecule has 0 saturated carbocycles. The number of thiazole rings is 1. The predicted molar refractivity (Wildman–Crippen MR) is 115 cm³/mol. The van der Waals surface area contributed by atoms with Crippen molar-refractivity contribution in [3.05, 3.63) is 35.9 Å². The molecule has 0 atom stereocenters. The van der Waals surface area contributed by atoms with Crippen molar-refractivity contribution in [2.45, 2.75) is 17.2 Å². The number of carbonyl (C=O) groups is 1. The first kappa shape index (κ1) is 22.1. The third-order valence-corrected chi connectivity index (χ3v) is 6.30. The molecule has 2 aromatic carbocycles. The number of thioether (sulfide) groups is 1. The van der Waals surface area contributed by atoms with Crippen molar-refractivity contribution in [3.63, 3.8) is 0 Å². The molecule has 1 aromatic heterocycles. The highest BCUT2D eigenvalue weighted by Gasteiger charge is 2.18. The monoisotopic (exact) mass is 454 g/mol. The van der Waals surface area contributed by atoms with Gasteiger partial charge in [-0.1, -0.05) is 17.8 Å². The van der Waals surface area contributed by atoms with E-state index >= 15 is 0 Å². The molecule has 1 amide bonds. The van der Waals surface area contributed by atoms with Crippen LogP contribution in [0.2, 0.25) is 0 Å².